The molecule has 0 aromatic heterocycles. The number of aliphatic hydroxyl groups excluding tert-OH is 1. The zero-order valence-corrected chi connectivity index (χ0v) is 11.4. The molecule has 0 aliphatic rings. The summed E-state index contributed by atoms with van der Waals surface area (Å²) < 4.78 is 0. The van der Waals surface area contributed by atoms with Crippen molar-refractivity contribution in [3.05, 3.63) is 77.4 Å². The van der Waals surface area contributed by atoms with Gasteiger partial charge in [-0.25, -0.2) is 5.43 Å². The minimum Gasteiger partial charge on any atom is -0.392 e. The van der Waals surface area contributed by atoms with E-state index in [-0.39, 0.29) is 12.5 Å². The number of nitrogens with zero attached hydrogens (tertiary/aromatic N) is 1. The summed E-state index contributed by atoms with van der Waals surface area (Å²) in [6.45, 7) is -0.179. The molecule has 0 aliphatic heterocycles. The third kappa shape index (κ3) is 4.40. The molecular formula is C17H16N2O2. The summed E-state index contributed by atoms with van der Waals surface area (Å²) in [6, 6.07) is 16.7. The molecule has 0 radical (unpaired) electrons. The summed E-state index contributed by atoms with van der Waals surface area (Å²) in [5, 5.41) is 13.0. The number of hydrazone groups is 1. The van der Waals surface area contributed by atoms with Crippen molar-refractivity contribution in [3.63, 3.8) is 0 Å². The van der Waals surface area contributed by atoms with Crippen LogP contribution in [0.4, 0.5) is 0 Å². The van der Waals surface area contributed by atoms with Crippen LogP contribution < -0.4 is 5.43 Å². The quantitative estimate of drug-likeness (QED) is 0.653. The lowest BCUT2D eigenvalue weighted by atomic mass is 10.1. The number of rotatable bonds is 5. The Bertz CT molecular complexity index is 649. The maximum Gasteiger partial charge on any atom is 0.271 e. The van der Waals surface area contributed by atoms with Crippen LogP contribution in [0, 0.1) is 0 Å². The standard InChI is InChI=1S/C17H16N2O2/c20-13-15-10-4-5-11-16(15)17(21)19-18-12-6-9-14-7-2-1-3-8-14/h1-12,20H,13H2,(H,19,21). The average molecular weight is 280 g/mol. The number of hydrogen-bond donors (Lipinski definition) is 2. The van der Waals surface area contributed by atoms with Gasteiger partial charge in [-0.15, -0.1) is 0 Å². The molecule has 0 fully saturated rings. The van der Waals surface area contributed by atoms with E-state index in [9.17, 15) is 9.90 Å². The Morgan fingerprint density at radius 1 is 1.10 bits per heavy atom. The van der Waals surface area contributed by atoms with Crippen LogP contribution >= 0.6 is 0 Å². The maximum absolute atomic E-state index is 11.9. The van der Waals surface area contributed by atoms with Gasteiger partial charge in [0.1, 0.15) is 0 Å². The fraction of sp³-hybridized carbons (Fsp3) is 0.0588. The molecule has 0 aliphatic carbocycles. The number of allylic oxidation sites excluding steroid dienone is 1. The first-order valence-electron chi connectivity index (χ1n) is 6.55. The van der Waals surface area contributed by atoms with Crippen LogP contribution in [0.15, 0.2) is 65.8 Å². The minimum absolute atomic E-state index is 0.179. The second-order valence-electron chi connectivity index (χ2n) is 4.30. The average Bonchev–Trinajstić information content (AvgIpc) is 2.55. The molecule has 106 valence electrons. The van der Waals surface area contributed by atoms with Gasteiger partial charge in [0.25, 0.3) is 5.91 Å². The van der Waals surface area contributed by atoms with E-state index in [0.717, 1.165) is 5.56 Å². The highest BCUT2D eigenvalue weighted by Crippen LogP contribution is 2.08. The summed E-state index contributed by atoms with van der Waals surface area (Å²) in [7, 11) is 0. The highest BCUT2D eigenvalue weighted by atomic mass is 16.3. The van der Waals surface area contributed by atoms with Crippen LogP contribution in [-0.2, 0) is 6.61 Å². The number of benzene rings is 2. The van der Waals surface area contributed by atoms with Gasteiger partial charge < -0.3 is 5.11 Å². The number of nitrogens with one attached hydrogen (secondary N) is 1. The van der Waals surface area contributed by atoms with Crippen molar-refractivity contribution in [2.24, 2.45) is 5.10 Å². The number of aliphatic hydroxyl groups is 1. The van der Waals surface area contributed by atoms with E-state index >= 15 is 0 Å². The Hall–Kier alpha value is -2.72. The lowest BCUT2D eigenvalue weighted by molar-refractivity contribution is 0.0952. The normalized spacial score (nSPS) is 11.1. The Kier molecular flexibility index (Phi) is 5.43. The zero-order chi connectivity index (χ0) is 14.9. The summed E-state index contributed by atoms with van der Waals surface area (Å²) in [5.41, 5.74) is 4.48. The summed E-state index contributed by atoms with van der Waals surface area (Å²) in [4.78, 5) is 11.9. The molecular weight excluding hydrogens is 264 g/mol. The lowest BCUT2D eigenvalue weighted by Crippen LogP contribution is -2.19. The van der Waals surface area contributed by atoms with Gasteiger partial charge in [0.05, 0.1) is 6.61 Å². The van der Waals surface area contributed by atoms with Crippen LogP contribution in [0.3, 0.4) is 0 Å². The molecule has 4 heteroatoms. The highest BCUT2D eigenvalue weighted by molar-refractivity contribution is 5.96. The summed E-state index contributed by atoms with van der Waals surface area (Å²) >= 11 is 0. The van der Waals surface area contributed by atoms with Gasteiger partial charge in [-0.05, 0) is 23.3 Å². The van der Waals surface area contributed by atoms with Crippen molar-refractivity contribution < 1.29 is 9.90 Å². The van der Waals surface area contributed by atoms with Gasteiger partial charge in [-0.3, -0.25) is 4.79 Å². The van der Waals surface area contributed by atoms with E-state index in [2.05, 4.69) is 10.5 Å². The fourth-order valence-electron chi connectivity index (χ4n) is 1.80. The smallest absolute Gasteiger partial charge is 0.271 e. The summed E-state index contributed by atoms with van der Waals surface area (Å²) in [5.74, 6) is -0.344. The van der Waals surface area contributed by atoms with Crippen molar-refractivity contribution >= 4 is 18.2 Å². The molecule has 0 atom stereocenters. The van der Waals surface area contributed by atoms with Crippen LogP contribution in [0.1, 0.15) is 21.5 Å². The van der Waals surface area contributed by atoms with Crippen LogP contribution in [0.5, 0.6) is 0 Å². The molecule has 0 saturated carbocycles. The van der Waals surface area contributed by atoms with Gasteiger partial charge >= 0.3 is 0 Å². The van der Waals surface area contributed by atoms with Crippen molar-refractivity contribution in [1.29, 1.82) is 0 Å². The van der Waals surface area contributed by atoms with Crippen LogP contribution in [0.25, 0.3) is 6.08 Å². The molecule has 2 aromatic rings. The molecule has 0 spiro atoms. The molecule has 4 nitrogen and oxygen atoms in total. The first kappa shape index (κ1) is 14.7. The third-order valence-corrected chi connectivity index (χ3v) is 2.85. The van der Waals surface area contributed by atoms with E-state index < -0.39 is 0 Å². The number of carbonyl (C=O) groups is 1. The maximum atomic E-state index is 11.9. The topological polar surface area (TPSA) is 61.7 Å². The SMILES string of the molecule is O=C(NN=CC=Cc1ccccc1)c1ccccc1CO. The van der Waals surface area contributed by atoms with E-state index in [1.807, 2.05) is 36.4 Å². The predicted molar refractivity (Wildman–Crippen MR) is 83.8 cm³/mol. The number of amides is 1. The molecule has 2 N–H and O–H groups in total. The van der Waals surface area contributed by atoms with E-state index in [1.165, 1.54) is 6.21 Å². The fourth-order valence-corrected chi connectivity index (χ4v) is 1.80. The molecule has 1 amide bonds. The largest absolute Gasteiger partial charge is 0.392 e. The van der Waals surface area contributed by atoms with Crippen molar-refractivity contribution in [1.82, 2.24) is 5.43 Å². The van der Waals surface area contributed by atoms with Crippen molar-refractivity contribution in [2.45, 2.75) is 6.61 Å². The molecule has 0 bridgehead atoms. The Balaban J connectivity index is 1.92. The Morgan fingerprint density at radius 2 is 1.81 bits per heavy atom. The van der Waals surface area contributed by atoms with E-state index in [0.29, 0.717) is 11.1 Å². The molecule has 21 heavy (non-hydrogen) atoms. The van der Waals surface area contributed by atoms with E-state index in [4.69, 9.17) is 0 Å². The van der Waals surface area contributed by atoms with Gasteiger partial charge in [0.15, 0.2) is 0 Å². The van der Waals surface area contributed by atoms with Crippen LogP contribution in [-0.4, -0.2) is 17.2 Å². The van der Waals surface area contributed by atoms with Crippen LogP contribution in [0.2, 0.25) is 0 Å². The first-order chi connectivity index (χ1) is 10.3. The second kappa shape index (κ2) is 7.77. The molecule has 0 heterocycles. The third-order valence-electron chi connectivity index (χ3n) is 2.85. The van der Waals surface area contributed by atoms with Crippen molar-refractivity contribution in [3.8, 4) is 0 Å². The van der Waals surface area contributed by atoms with E-state index in [1.54, 1.807) is 30.3 Å². The van der Waals surface area contributed by atoms with Gasteiger partial charge in [0, 0.05) is 11.8 Å². The number of carbonyl (C=O) groups excluding carboxylic acids is 1. The molecule has 2 rings (SSSR count). The predicted octanol–water partition coefficient (Wildman–Crippen LogP) is 2.61. The first-order valence-corrected chi connectivity index (χ1v) is 6.55. The monoisotopic (exact) mass is 280 g/mol. The second-order valence-corrected chi connectivity index (χ2v) is 4.30. The lowest BCUT2D eigenvalue weighted by Gasteiger charge is -2.04. The Morgan fingerprint density at radius 3 is 2.57 bits per heavy atom. The zero-order valence-electron chi connectivity index (χ0n) is 11.4. The minimum atomic E-state index is -0.344. The van der Waals surface area contributed by atoms with Gasteiger partial charge in [-0.2, -0.15) is 5.10 Å². The Labute approximate surface area is 123 Å². The van der Waals surface area contributed by atoms with Gasteiger partial charge in [-0.1, -0.05) is 54.6 Å². The van der Waals surface area contributed by atoms with Crippen molar-refractivity contribution in [2.75, 3.05) is 0 Å². The molecule has 0 saturated heterocycles. The number of hydrogen-bond acceptors (Lipinski definition) is 3. The highest BCUT2D eigenvalue weighted by Gasteiger charge is 2.08. The summed E-state index contributed by atoms with van der Waals surface area (Å²) in [6.07, 6.45) is 5.14. The molecule has 0 unspecified atom stereocenters. The molecule has 2 aromatic carbocycles. The van der Waals surface area contributed by atoms with Gasteiger partial charge in [0.2, 0.25) is 0 Å².